The zero-order valence-corrected chi connectivity index (χ0v) is 6.75. The van der Waals surface area contributed by atoms with Crippen molar-refractivity contribution in [2.45, 2.75) is 0 Å². The average molecular weight is 198 g/mol. The highest BCUT2D eigenvalue weighted by Crippen LogP contribution is 2.33. The SMILES string of the molecule is OOc1nc2c(O)ccc(O)c2n1O. The third kappa shape index (κ3) is 0.927. The van der Waals surface area contributed by atoms with Gasteiger partial charge in [-0.05, 0) is 12.1 Å². The Kier molecular flexibility index (Phi) is 1.61. The number of phenols is 2. The quantitative estimate of drug-likeness (QED) is 0.230. The average Bonchev–Trinajstić information content (AvgIpc) is 2.51. The van der Waals surface area contributed by atoms with Crippen LogP contribution in [0.15, 0.2) is 12.1 Å². The molecule has 0 bridgehead atoms. The molecule has 0 aliphatic heterocycles. The monoisotopic (exact) mass is 198 g/mol. The van der Waals surface area contributed by atoms with Crippen molar-refractivity contribution in [1.29, 1.82) is 0 Å². The Bertz CT molecular complexity index is 492. The summed E-state index contributed by atoms with van der Waals surface area (Å²) in [7, 11) is 0. The van der Waals surface area contributed by atoms with E-state index in [1.54, 1.807) is 0 Å². The number of imidazole rings is 1. The maximum Gasteiger partial charge on any atom is 0.367 e. The summed E-state index contributed by atoms with van der Waals surface area (Å²) in [5.74, 6) is -0.542. The number of phenolic OH excluding ortho intramolecular Hbond substituents is 2. The molecule has 0 atom stereocenters. The molecule has 0 spiro atoms. The standard InChI is InChI=1S/C7H6N2O5/c10-3-1-2-4(11)6-5(3)8-7(14-13)9(6)12/h1-2,10-13H. The topological polar surface area (TPSA) is 108 Å². The van der Waals surface area contributed by atoms with Crippen LogP contribution in [0.3, 0.4) is 0 Å². The van der Waals surface area contributed by atoms with Crippen molar-refractivity contribution in [3.63, 3.8) is 0 Å². The molecule has 74 valence electrons. The van der Waals surface area contributed by atoms with Gasteiger partial charge in [0.15, 0.2) is 5.52 Å². The Balaban J connectivity index is 2.90. The number of hydrogen-bond donors (Lipinski definition) is 4. The fourth-order valence-electron chi connectivity index (χ4n) is 1.18. The lowest BCUT2D eigenvalue weighted by Crippen LogP contribution is -1.95. The van der Waals surface area contributed by atoms with Gasteiger partial charge in [0.25, 0.3) is 0 Å². The van der Waals surface area contributed by atoms with Gasteiger partial charge in [0.1, 0.15) is 17.0 Å². The van der Waals surface area contributed by atoms with Crippen LogP contribution in [-0.2, 0) is 0 Å². The second-order valence-electron chi connectivity index (χ2n) is 2.60. The van der Waals surface area contributed by atoms with E-state index in [2.05, 4.69) is 9.87 Å². The third-order valence-electron chi connectivity index (χ3n) is 1.79. The second kappa shape index (κ2) is 2.67. The highest BCUT2D eigenvalue weighted by atomic mass is 17.1. The Labute approximate surface area is 76.9 Å². The van der Waals surface area contributed by atoms with Crippen molar-refractivity contribution in [3.05, 3.63) is 12.1 Å². The van der Waals surface area contributed by atoms with Gasteiger partial charge < -0.3 is 15.4 Å². The first-order valence-corrected chi connectivity index (χ1v) is 3.59. The van der Waals surface area contributed by atoms with E-state index in [4.69, 9.17) is 5.26 Å². The number of hydrogen-bond acceptors (Lipinski definition) is 6. The van der Waals surface area contributed by atoms with Crippen LogP contribution in [0.5, 0.6) is 17.5 Å². The van der Waals surface area contributed by atoms with E-state index in [-0.39, 0.29) is 22.5 Å². The molecule has 0 aliphatic rings. The summed E-state index contributed by atoms with van der Waals surface area (Å²) in [6.07, 6.45) is 0. The van der Waals surface area contributed by atoms with Gasteiger partial charge in [-0.3, -0.25) is 4.89 Å². The molecule has 14 heavy (non-hydrogen) atoms. The molecule has 0 radical (unpaired) electrons. The largest absolute Gasteiger partial charge is 0.506 e. The van der Waals surface area contributed by atoms with Gasteiger partial charge in [0.2, 0.25) is 0 Å². The van der Waals surface area contributed by atoms with Crippen molar-refractivity contribution < 1.29 is 25.6 Å². The van der Waals surface area contributed by atoms with E-state index in [1.807, 2.05) is 0 Å². The molecule has 0 saturated heterocycles. The number of rotatable bonds is 1. The summed E-state index contributed by atoms with van der Waals surface area (Å²) in [6, 6.07) is 1.83. The van der Waals surface area contributed by atoms with E-state index in [9.17, 15) is 15.4 Å². The number of benzene rings is 1. The maximum atomic E-state index is 9.32. The molecule has 0 fully saturated rings. The summed E-state index contributed by atoms with van der Waals surface area (Å²) >= 11 is 0. The van der Waals surface area contributed by atoms with Crippen LogP contribution in [0.4, 0.5) is 0 Å². The minimum Gasteiger partial charge on any atom is -0.506 e. The molecule has 7 nitrogen and oxygen atoms in total. The Morgan fingerprint density at radius 1 is 1.21 bits per heavy atom. The molecule has 4 N–H and O–H groups in total. The van der Waals surface area contributed by atoms with Crippen LogP contribution in [-0.4, -0.2) is 30.4 Å². The van der Waals surface area contributed by atoms with Gasteiger partial charge >= 0.3 is 6.01 Å². The second-order valence-corrected chi connectivity index (χ2v) is 2.60. The van der Waals surface area contributed by atoms with E-state index in [0.717, 1.165) is 0 Å². The highest BCUT2D eigenvalue weighted by Gasteiger charge is 2.17. The van der Waals surface area contributed by atoms with Gasteiger partial charge in [0.05, 0.1) is 0 Å². The summed E-state index contributed by atoms with van der Waals surface area (Å²) in [5.41, 5.74) is -0.217. The molecule has 0 saturated carbocycles. The lowest BCUT2D eigenvalue weighted by molar-refractivity contribution is -0.155. The maximum absolute atomic E-state index is 9.32. The molecule has 7 heteroatoms. The molecule has 2 aromatic rings. The Morgan fingerprint density at radius 3 is 2.43 bits per heavy atom. The predicted octanol–water partition coefficient (Wildman–Crippen LogP) is 0.537. The van der Waals surface area contributed by atoms with Gasteiger partial charge in [0, 0.05) is 0 Å². The zero-order chi connectivity index (χ0) is 10.3. The first-order chi connectivity index (χ1) is 6.65. The first-order valence-electron chi connectivity index (χ1n) is 3.59. The van der Waals surface area contributed by atoms with Crippen molar-refractivity contribution in [3.8, 4) is 17.5 Å². The molecule has 2 rings (SSSR count). The van der Waals surface area contributed by atoms with Crippen LogP contribution in [0.1, 0.15) is 0 Å². The molecule has 0 amide bonds. The van der Waals surface area contributed by atoms with Gasteiger partial charge in [-0.2, -0.15) is 10.2 Å². The van der Waals surface area contributed by atoms with Crippen LogP contribution in [0.25, 0.3) is 11.0 Å². The summed E-state index contributed by atoms with van der Waals surface area (Å²) in [4.78, 5) is 7.24. The molecular weight excluding hydrogens is 192 g/mol. The summed E-state index contributed by atoms with van der Waals surface area (Å²) in [5, 5.41) is 36.2. The minimum absolute atomic E-state index is 0.0726. The van der Waals surface area contributed by atoms with E-state index in [1.165, 1.54) is 12.1 Å². The lowest BCUT2D eigenvalue weighted by atomic mass is 10.3. The molecule has 0 unspecified atom stereocenters. The van der Waals surface area contributed by atoms with Crippen LogP contribution < -0.4 is 4.89 Å². The number of nitrogens with zero attached hydrogens (tertiary/aromatic N) is 2. The fourth-order valence-corrected chi connectivity index (χ4v) is 1.18. The van der Waals surface area contributed by atoms with E-state index >= 15 is 0 Å². The number of fused-ring (bicyclic) bond motifs is 1. The smallest absolute Gasteiger partial charge is 0.367 e. The Hall–Kier alpha value is -2.15. The Morgan fingerprint density at radius 2 is 1.86 bits per heavy atom. The zero-order valence-electron chi connectivity index (χ0n) is 6.75. The highest BCUT2D eigenvalue weighted by molar-refractivity contribution is 5.87. The molecule has 1 aromatic heterocycles. The van der Waals surface area contributed by atoms with Crippen molar-refractivity contribution >= 4 is 11.0 Å². The van der Waals surface area contributed by atoms with Crippen molar-refractivity contribution in [1.82, 2.24) is 9.71 Å². The summed E-state index contributed by atoms with van der Waals surface area (Å²) < 4.78 is 0.324. The molecule has 0 aliphatic carbocycles. The minimum atomic E-state index is -0.545. The summed E-state index contributed by atoms with van der Waals surface area (Å²) in [6.45, 7) is 0. The van der Waals surface area contributed by atoms with Gasteiger partial charge in [-0.25, -0.2) is 0 Å². The van der Waals surface area contributed by atoms with Crippen LogP contribution in [0.2, 0.25) is 0 Å². The van der Waals surface area contributed by atoms with Crippen molar-refractivity contribution in [2.75, 3.05) is 0 Å². The third-order valence-corrected chi connectivity index (χ3v) is 1.79. The van der Waals surface area contributed by atoms with Crippen molar-refractivity contribution in [2.24, 2.45) is 0 Å². The molecule has 1 aromatic carbocycles. The van der Waals surface area contributed by atoms with Crippen LogP contribution in [0, 0.1) is 0 Å². The van der Waals surface area contributed by atoms with Gasteiger partial charge in [-0.1, -0.05) is 0 Å². The molecular formula is C7H6N2O5. The van der Waals surface area contributed by atoms with E-state index < -0.39 is 6.01 Å². The fraction of sp³-hybridized carbons (Fsp3) is 0. The van der Waals surface area contributed by atoms with Crippen LogP contribution >= 0.6 is 0 Å². The molecule has 1 heterocycles. The normalized spacial score (nSPS) is 10.6. The first kappa shape index (κ1) is 8.45. The van der Waals surface area contributed by atoms with E-state index in [0.29, 0.717) is 4.73 Å². The number of aromatic nitrogens is 2. The number of aromatic hydroxyl groups is 2. The lowest BCUT2D eigenvalue weighted by Gasteiger charge is -1.98. The predicted molar refractivity (Wildman–Crippen MR) is 43.5 cm³/mol. The van der Waals surface area contributed by atoms with Gasteiger partial charge in [-0.15, -0.1) is 4.73 Å².